The first-order valence-electron chi connectivity index (χ1n) is 3.93. The molecular weight excluding hydrogens is 128 g/mol. The van der Waals surface area contributed by atoms with E-state index in [9.17, 15) is 4.79 Å². The van der Waals surface area contributed by atoms with Crippen molar-refractivity contribution >= 4 is 5.78 Å². The summed E-state index contributed by atoms with van der Waals surface area (Å²) in [5, 5.41) is 0. The molecule has 1 saturated heterocycles. The Bertz CT molecular complexity index is 176. The van der Waals surface area contributed by atoms with Crippen molar-refractivity contribution in [3.63, 3.8) is 0 Å². The summed E-state index contributed by atoms with van der Waals surface area (Å²) in [6.07, 6.45) is 3.99. The van der Waals surface area contributed by atoms with Crippen LogP contribution in [0.15, 0.2) is 0 Å². The molecule has 0 N–H and O–H groups in total. The van der Waals surface area contributed by atoms with Crippen molar-refractivity contribution in [3.8, 4) is 0 Å². The van der Waals surface area contributed by atoms with Crippen molar-refractivity contribution in [2.24, 2.45) is 0 Å². The fourth-order valence-electron chi connectivity index (χ4n) is 1.74. The fourth-order valence-corrected chi connectivity index (χ4v) is 1.74. The summed E-state index contributed by atoms with van der Waals surface area (Å²) in [7, 11) is 0. The van der Waals surface area contributed by atoms with Gasteiger partial charge in [-0.15, -0.1) is 0 Å². The van der Waals surface area contributed by atoms with Crippen LogP contribution < -0.4 is 0 Å². The van der Waals surface area contributed by atoms with E-state index in [1.165, 1.54) is 0 Å². The van der Waals surface area contributed by atoms with Gasteiger partial charge < -0.3 is 4.74 Å². The van der Waals surface area contributed by atoms with Gasteiger partial charge in [-0.05, 0) is 19.8 Å². The minimum Gasteiger partial charge on any atom is -0.358 e. The van der Waals surface area contributed by atoms with Gasteiger partial charge in [-0.25, -0.2) is 0 Å². The van der Waals surface area contributed by atoms with Crippen LogP contribution in [0.2, 0.25) is 0 Å². The van der Waals surface area contributed by atoms with Crippen LogP contribution in [0.1, 0.15) is 32.6 Å². The minimum absolute atomic E-state index is 0.0324. The van der Waals surface area contributed by atoms with Gasteiger partial charge in [-0.3, -0.25) is 4.79 Å². The molecule has 2 atom stereocenters. The molecule has 1 heterocycles. The third kappa shape index (κ3) is 0.788. The molecule has 1 aliphatic carbocycles. The third-order valence-corrected chi connectivity index (χ3v) is 2.52. The minimum atomic E-state index is -0.0480. The number of epoxide rings is 1. The van der Waals surface area contributed by atoms with Gasteiger partial charge in [0.15, 0.2) is 5.78 Å². The predicted octanol–water partition coefficient (Wildman–Crippen LogP) is 1.29. The summed E-state index contributed by atoms with van der Waals surface area (Å²) >= 11 is 0. The first-order chi connectivity index (χ1) is 4.72. The Morgan fingerprint density at radius 3 is 3.20 bits per heavy atom. The summed E-state index contributed by atoms with van der Waals surface area (Å²) in [6.45, 7) is 2.04. The molecule has 0 spiro atoms. The number of Topliss-reactive ketones (excluding diaryl/α,β-unsaturated/α-hetero) is 1. The molecular formula is C8H12O2. The van der Waals surface area contributed by atoms with Crippen molar-refractivity contribution in [3.05, 3.63) is 0 Å². The quantitative estimate of drug-likeness (QED) is 0.474. The van der Waals surface area contributed by atoms with Gasteiger partial charge in [0.1, 0.15) is 6.10 Å². The highest BCUT2D eigenvalue weighted by Gasteiger charge is 2.56. The molecule has 0 aromatic heterocycles. The Balaban J connectivity index is 2.12. The van der Waals surface area contributed by atoms with E-state index in [4.69, 9.17) is 4.74 Å². The zero-order valence-electron chi connectivity index (χ0n) is 6.22. The SMILES string of the molecule is CC12CCCCC(=O)C1O2. The Hall–Kier alpha value is -0.370. The van der Waals surface area contributed by atoms with Gasteiger partial charge >= 0.3 is 0 Å². The van der Waals surface area contributed by atoms with Crippen LogP contribution in [0.5, 0.6) is 0 Å². The molecule has 2 rings (SSSR count). The lowest BCUT2D eigenvalue weighted by Gasteiger charge is -1.99. The van der Waals surface area contributed by atoms with Gasteiger partial charge in [0.2, 0.25) is 0 Å². The topological polar surface area (TPSA) is 29.6 Å². The van der Waals surface area contributed by atoms with Gasteiger partial charge in [0.05, 0.1) is 5.60 Å². The zero-order valence-corrected chi connectivity index (χ0v) is 6.22. The number of carbonyl (C=O) groups excluding carboxylic acids is 1. The number of hydrogen-bond acceptors (Lipinski definition) is 2. The number of rotatable bonds is 0. The van der Waals surface area contributed by atoms with Crippen molar-refractivity contribution < 1.29 is 9.53 Å². The van der Waals surface area contributed by atoms with Crippen LogP contribution in [0.4, 0.5) is 0 Å². The van der Waals surface area contributed by atoms with Gasteiger partial charge in [0, 0.05) is 6.42 Å². The van der Waals surface area contributed by atoms with Crippen molar-refractivity contribution in [2.45, 2.75) is 44.3 Å². The average Bonchev–Trinajstić information content (AvgIpc) is 2.54. The molecule has 0 aromatic rings. The monoisotopic (exact) mass is 140 g/mol. The third-order valence-electron chi connectivity index (χ3n) is 2.52. The summed E-state index contributed by atoms with van der Waals surface area (Å²) in [6, 6.07) is 0. The summed E-state index contributed by atoms with van der Waals surface area (Å²) in [5.74, 6) is 0.319. The predicted molar refractivity (Wildman–Crippen MR) is 36.8 cm³/mol. The molecule has 2 heteroatoms. The van der Waals surface area contributed by atoms with E-state index in [0.29, 0.717) is 5.78 Å². The number of hydrogen-bond donors (Lipinski definition) is 0. The lowest BCUT2D eigenvalue weighted by molar-refractivity contribution is -0.120. The summed E-state index contributed by atoms with van der Waals surface area (Å²) in [5.41, 5.74) is -0.0480. The second-order valence-corrected chi connectivity index (χ2v) is 3.48. The van der Waals surface area contributed by atoms with Crippen LogP contribution in [0.25, 0.3) is 0 Å². The van der Waals surface area contributed by atoms with Crippen molar-refractivity contribution in [1.29, 1.82) is 0 Å². The van der Waals surface area contributed by atoms with Crippen molar-refractivity contribution in [2.75, 3.05) is 0 Å². The normalized spacial score (nSPS) is 46.1. The van der Waals surface area contributed by atoms with E-state index in [1.54, 1.807) is 0 Å². The standard InChI is InChI=1S/C8H12O2/c1-8-5-3-2-4-6(9)7(8)10-8/h7H,2-5H2,1H3. The molecule has 0 amide bonds. The molecule has 2 nitrogen and oxygen atoms in total. The summed E-state index contributed by atoms with van der Waals surface area (Å²) < 4.78 is 5.31. The fraction of sp³-hybridized carbons (Fsp3) is 0.875. The maximum absolute atomic E-state index is 11.1. The molecule has 1 saturated carbocycles. The maximum Gasteiger partial charge on any atom is 0.164 e. The molecule has 1 aliphatic heterocycles. The van der Waals surface area contributed by atoms with Crippen LogP contribution >= 0.6 is 0 Å². The van der Waals surface area contributed by atoms with E-state index < -0.39 is 0 Å². The number of ketones is 1. The molecule has 0 radical (unpaired) electrons. The molecule has 0 aromatic carbocycles. The maximum atomic E-state index is 11.1. The van der Waals surface area contributed by atoms with Gasteiger partial charge in [-0.1, -0.05) is 6.42 Å². The lowest BCUT2D eigenvalue weighted by Crippen LogP contribution is -2.13. The number of ether oxygens (including phenoxy) is 1. The van der Waals surface area contributed by atoms with Crippen LogP contribution in [-0.4, -0.2) is 17.5 Å². The van der Waals surface area contributed by atoms with Crippen LogP contribution in [0, 0.1) is 0 Å². The summed E-state index contributed by atoms with van der Waals surface area (Å²) in [4.78, 5) is 11.1. The van der Waals surface area contributed by atoms with E-state index in [-0.39, 0.29) is 11.7 Å². The zero-order chi connectivity index (χ0) is 7.19. The molecule has 0 bridgehead atoms. The molecule has 2 unspecified atom stereocenters. The highest BCUT2D eigenvalue weighted by molar-refractivity contribution is 5.87. The second kappa shape index (κ2) is 1.82. The van der Waals surface area contributed by atoms with Crippen LogP contribution in [0.3, 0.4) is 0 Å². The molecule has 2 aliphatic rings. The van der Waals surface area contributed by atoms with Crippen molar-refractivity contribution in [1.82, 2.24) is 0 Å². The molecule has 2 fully saturated rings. The largest absolute Gasteiger partial charge is 0.358 e. The molecule has 56 valence electrons. The first kappa shape index (κ1) is 6.35. The molecule has 10 heavy (non-hydrogen) atoms. The van der Waals surface area contributed by atoms with Crippen LogP contribution in [-0.2, 0) is 9.53 Å². The second-order valence-electron chi connectivity index (χ2n) is 3.48. The smallest absolute Gasteiger partial charge is 0.164 e. The lowest BCUT2D eigenvalue weighted by atomic mass is 10.0. The van der Waals surface area contributed by atoms with Gasteiger partial charge in [-0.2, -0.15) is 0 Å². The van der Waals surface area contributed by atoms with E-state index in [1.807, 2.05) is 6.92 Å². The first-order valence-corrected chi connectivity index (χ1v) is 3.93. The highest BCUT2D eigenvalue weighted by atomic mass is 16.6. The highest BCUT2D eigenvalue weighted by Crippen LogP contribution is 2.43. The Morgan fingerprint density at radius 2 is 2.40 bits per heavy atom. The Kier molecular flexibility index (Phi) is 1.15. The Labute approximate surface area is 60.6 Å². The van der Waals surface area contributed by atoms with Gasteiger partial charge in [0.25, 0.3) is 0 Å². The number of fused-ring (bicyclic) bond motifs is 1. The van der Waals surface area contributed by atoms with E-state index in [2.05, 4.69) is 0 Å². The van der Waals surface area contributed by atoms with E-state index in [0.717, 1.165) is 25.7 Å². The average molecular weight is 140 g/mol. The Morgan fingerprint density at radius 1 is 1.60 bits per heavy atom. The number of carbonyl (C=O) groups is 1. The van der Waals surface area contributed by atoms with E-state index >= 15 is 0 Å².